The molecule has 4 aliphatic rings. The molecule has 4 fully saturated rings. The fourth-order valence-electron chi connectivity index (χ4n) is 5.69. The average molecular weight is 427 g/mol. The third-order valence-corrected chi connectivity index (χ3v) is 7.94. The van der Waals surface area contributed by atoms with E-state index in [2.05, 4.69) is 26.2 Å². The zero-order chi connectivity index (χ0) is 17.7. The van der Waals surface area contributed by atoms with Crippen LogP contribution in [0.5, 0.6) is 0 Å². The number of rotatable bonds is 5. The van der Waals surface area contributed by atoms with Crippen molar-refractivity contribution in [3.05, 3.63) is 28.7 Å². The first-order valence-electron chi connectivity index (χ1n) is 8.90. The number of sulfonamides is 1. The highest BCUT2D eigenvalue weighted by atomic mass is 79.9. The molecule has 7 heteroatoms. The predicted molar refractivity (Wildman–Crippen MR) is 97.8 cm³/mol. The lowest BCUT2D eigenvalue weighted by molar-refractivity contribution is -0.129. The average Bonchev–Trinajstić information content (AvgIpc) is 2.52. The zero-order valence-corrected chi connectivity index (χ0v) is 16.4. The van der Waals surface area contributed by atoms with Gasteiger partial charge in [-0.05, 0) is 86.0 Å². The number of hydrazine groups is 1. The third kappa shape index (κ3) is 3.64. The summed E-state index contributed by atoms with van der Waals surface area (Å²) in [6.07, 6.45) is 7.81. The van der Waals surface area contributed by atoms with Crippen LogP contribution in [0, 0.1) is 23.2 Å². The van der Waals surface area contributed by atoms with E-state index in [0.29, 0.717) is 6.42 Å². The number of carbonyl (C=O) groups excluding carboxylic acids is 1. The van der Waals surface area contributed by atoms with Gasteiger partial charge in [-0.3, -0.25) is 10.2 Å². The summed E-state index contributed by atoms with van der Waals surface area (Å²) >= 11 is 3.28. The molecule has 0 spiro atoms. The van der Waals surface area contributed by atoms with Gasteiger partial charge in [0, 0.05) is 10.9 Å². The first-order chi connectivity index (χ1) is 11.8. The van der Waals surface area contributed by atoms with Gasteiger partial charge >= 0.3 is 0 Å². The Morgan fingerprint density at radius 2 is 1.56 bits per heavy atom. The van der Waals surface area contributed by atoms with Crippen molar-refractivity contribution < 1.29 is 13.2 Å². The number of halogens is 1. The summed E-state index contributed by atoms with van der Waals surface area (Å²) < 4.78 is 25.3. The molecule has 0 unspecified atom stereocenters. The molecule has 0 atom stereocenters. The van der Waals surface area contributed by atoms with E-state index in [1.807, 2.05) is 0 Å². The minimum Gasteiger partial charge on any atom is -0.278 e. The van der Waals surface area contributed by atoms with Crippen molar-refractivity contribution >= 4 is 31.9 Å². The summed E-state index contributed by atoms with van der Waals surface area (Å²) in [7, 11) is -3.74. The lowest BCUT2D eigenvalue weighted by Gasteiger charge is -2.56. The van der Waals surface area contributed by atoms with Crippen LogP contribution in [0.25, 0.3) is 0 Å². The minimum absolute atomic E-state index is 0.0991. The second kappa shape index (κ2) is 6.35. The molecule has 0 aromatic heterocycles. The SMILES string of the molecule is O=C(CC12CC3CC(CC(C3)C1)C2)NNS(=O)(=O)c1ccc(Br)cc1. The van der Waals surface area contributed by atoms with Crippen molar-refractivity contribution in [2.75, 3.05) is 0 Å². The van der Waals surface area contributed by atoms with E-state index in [0.717, 1.165) is 41.5 Å². The Morgan fingerprint density at radius 3 is 2.08 bits per heavy atom. The molecule has 0 heterocycles. The predicted octanol–water partition coefficient (Wildman–Crippen LogP) is 3.37. The maximum absolute atomic E-state index is 12.4. The minimum atomic E-state index is -3.74. The number of nitrogens with one attached hydrogen (secondary N) is 2. The molecule has 5 rings (SSSR count). The highest BCUT2D eigenvalue weighted by molar-refractivity contribution is 9.10. The van der Waals surface area contributed by atoms with E-state index in [1.165, 1.54) is 31.4 Å². The highest BCUT2D eigenvalue weighted by Crippen LogP contribution is 2.61. The number of benzene rings is 1. The van der Waals surface area contributed by atoms with Crippen LogP contribution in [0.4, 0.5) is 0 Å². The molecule has 25 heavy (non-hydrogen) atoms. The van der Waals surface area contributed by atoms with Gasteiger partial charge in [0.2, 0.25) is 5.91 Å². The van der Waals surface area contributed by atoms with Crippen LogP contribution < -0.4 is 10.3 Å². The van der Waals surface area contributed by atoms with E-state index >= 15 is 0 Å². The van der Waals surface area contributed by atoms with Gasteiger partial charge in [-0.2, -0.15) is 0 Å². The van der Waals surface area contributed by atoms with E-state index in [-0.39, 0.29) is 16.2 Å². The fourth-order valence-corrected chi connectivity index (χ4v) is 6.81. The van der Waals surface area contributed by atoms with Crippen molar-refractivity contribution in [3.8, 4) is 0 Å². The number of carbonyl (C=O) groups is 1. The molecule has 2 N–H and O–H groups in total. The van der Waals surface area contributed by atoms with Crippen LogP contribution in [0.2, 0.25) is 0 Å². The third-order valence-electron chi connectivity index (χ3n) is 6.15. The molecule has 5 nitrogen and oxygen atoms in total. The van der Waals surface area contributed by atoms with Crippen molar-refractivity contribution in [1.82, 2.24) is 10.3 Å². The molecule has 1 aromatic carbocycles. The highest BCUT2D eigenvalue weighted by Gasteiger charge is 2.51. The maximum Gasteiger partial charge on any atom is 0.257 e. The quantitative estimate of drug-likeness (QED) is 0.708. The number of hydrogen-bond acceptors (Lipinski definition) is 3. The first-order valence-corrected chi connectivity index (χ1v) is 11.2. The van der Waals surface area contributed by atoms with Gasteiger partial charge < -0.3 is 0 Å². The van der Waals surface area contributed by atoms with Crippen LogP contribution in [0.3, 0.4) is 0 Å². The van der Waals surface area contributed by atoms with E-state index in [4.69, 9.17) is 0 Å². The standard InChI is InChI=1S/C18H23BrN2O3S/c19-15-1-3-16(4-2-15)25(23,24)21-20-17(22)11-18-8-12-5-13(9-18)7-14(6-12)10-18/h1-4,12-14,21H,5-11H2,(H,20,22). The Kier molecular flexibility index (Phi) is 4.45. The van der Waals surface area contributed by atoms with Crippen molar-refractivity contribution in [1.29, 1.82) is 0 Å². The molecule has 136 valence electrons. The largest absolute Gasteiger partial charge is 0.278 e. The topological polar surface area (TPSA) is 75.3 Å². The van der Waals surface area contributed by atoms with Crippen molar-refractivity contribution in [2.24, 2.45) is 23.2 Å². The van der Waals surface area contributed by atoms with Gasteiger partial charge in [-0.1, -0.05) is 15.9 Å². The molecule has 1 aromatic rings. The fraction of sp³-hybridized carbons (Fsp3) is 0.611. The van der Waals surface area contributed by atoms with Gasteiger partial charge in [-0.15, -0.1) is 4.83 Å². The van der Waals surface area contributed by atoms with E-state index in [9.17, 15) is 13.2 Å². The summed E-state index contributed by atoms with van der Waals surface area (Å²) in [5, 5.41) is 0. The van der Waals surface area contributed by atoms with Crippen LogP contribution in [0.15, 0.2) is 33.6 Å². The van der Waals surface area contributed by atoms with Crippen LogP contribution in [-0.2, 0) is 14.8 Å². The Balaban J connectivity index is 1.37. The molecule has 0 aliphatic heterocycles. The van der Waals surface area contributed by atoms with Gasteiger partial charge in [-0.25, -0.2) is 8.42 Å². The normalized spacial score (nSPS) is 33.4. The summed E-state index contributed by atoms with van der Waals surface area (Å²) in [4.78, 5) is 14.8. The molecule has 4 saturated carbocycles. The van der Waals surface area contributed by atoms with Gasteiger partial charge in [0.25, 0.3) is 10.0 Å². The molecule has 0 radical (unpaired) electrons. The Morgan fingerprint density at radius 1 is 1.04 bits per heavy atom. The van der Waals surface area contributed by atoms with Gasteiger partial charge in [0.15, 0.2) is 0 Å². The second-order valence-corrected chi connectivity index (χ2v) is 10.8. The summed E-state index contributed by atoms with van der Waals surface area (Å²) in [6.45, 7) is 0. The van der Waals surface area contributed by atoms with Crippen LogP contribution >= 0.6 is 15.9 Å². The molecular formula is C18H23BrN2O3S. The molecule has 4 bridgehead atoms. The van der Waals surface area contributed by atoms with Crippen molar-refractivity contribution in [3.63, 3.8) is 0 Å². The lowest BCUT2D eigenvalue weighted by atomic mass is 9.49. The summed E-state index contributed by atoms with van der Waals surface area (Å²) in [5.41, 5.74) is 2.52. The molecule has 4 aliphatic carbocycles. The smallest absolute Gasteiger partial charge is 0.257 e. The lowest BCUT2D eigenvalue weighted by Crippen LogP contribution is -2.50. The maximum atomic E-state index is 12.4. The van der Waals surface area contributed by atoms with Crippen LogP contribution in [0.1, 0.15) is 44.9 Å². The second-order valence-electron chi connectivity index (χ2n) is 8.20. The van der Waals surface area contributed by atoms with E-state index < -0.39 is 10.0 Å². The Bertz CT molecular complexity index is 741. The first kappa shape index (κ1) is 17.5. The van der Waals surface area contributed by atoms with Gasteiger partial charge in [0.1, 0.15) is 0 Å². The summed E-state index contributed by atoms with van der Waals surface area (Å²) in [5.74, 6) is 2.11. The zero-order valence-electron chi connectivity index (χ0n) is 14.0. The summed E-state index contributed by atoms with van der Waals surface area (Å²) in [6, 6.07) is 6.31. The number of amides is 1. The van der Waals surface area contributed by atoms with E-state index in [1.54, 1.807) is 12.1 Å². The monoisotopic (exact) mass is 426 g/mol. The Hall–Kier alpha value is -0.920. The van der Waals surface area contributed by atoms with Crippen molar-refractivity contribution in [2.45, 2.75) is 49.8 Å². The molecule has 1 amide bonds. The van der Waals surface area contributed by atoms with Gasteiger partial charge in [0.05, 0.1) is 4.90 Å². The molecular weight excluding hydrogens is 404 g/mol. The van der Waals surface area contributed by atoms with Crippen LogP contribution in [-0.4, -0.2) is 14.3 Å². The molecule has 0 saturated heterocycles. The Labute approximate surface area is 157 Å². The number of hydrogen-bond donors (Lipinski definition) is 2.